The first kappa shape index (κ1) is 30.9. The molecule has 1 atom stereocenters. The Hall–Kier alpha value is -2.83. The van der Waals surface area contributed by atoms with Crippen LogP contribution in [0.25, 0.3) is 0 Å². The molecule has 6 nitrogen and oxygen atoms in total. The molecule has 2 rings (SSSR count). The van der Waals surface area contributed by atoms with Gasteiger partial charge in [-0.05, 0) is 11.1 Å². The van der Waals surface area contributed by atoms with Crippen LogP contribution in [0.1, 0.15) is 45.2 Å². The molecule has 0 fully saturated rings. The van der Waals surface area contributed by atoms with Gasteiger partial charge in [0.1, 0.15) is 26.3 Å². The molecule has 2 aromatic rings. The maximum Gasteiger partial charge on any atom is 0.308 e. The van der Waals surface area contributed by atoms with Gasteiger partial charge < -0.3 is 14.3 Å². The number of esters is 1. The standard InChI is InChI=1S/C17H18O4.2C2H6.2CH2O/c18-17(20-13-15-9-5-2-6-10-15)12-16(21-19)11-14-7-3-1-4-8-14;4*1-2/h1-10,16,19H,11-13H2;2*1-2H3;2*1H2. The zero-order valence-electron chi connectivity index (χ0n) is 17.9. The predicted octanol–water partition coefficient (Wildman–Crippen LogP) is 4.90. The monoisotopic (exact) mass is 406 g/mol. The van der Waals surface area contributed by atoms with Gasteiger partial charge in [-0.2, -0.15) is 0 Å². The first-order chi connectivity index (χ1) is 14.3. The maximum absolute atomic E-state index is 11.8. The fourth-order valence-corrected chi connectivity index (χ4v) is 2.01. The highest BCUT2D eigenvalue weighted by atomic mass is 17.1. The molecule has 0 amide bonds. The Morgan fingerprint density at radius 2 is 1.24 bits per heavy atom. The molecule has 162 valence electrons. The molecule has 0 aliphatic rings. The number of hydrogen-bond acceptors (Lipinski definition) is 6. The Bertz CT molecular complexity index is 572. The third kappa shape index (κ3) is 17.0. The number of ether oxygens (including phenoxy) is 1. The van der Waals surface area contributed by atoms with Gasteiger partial charge in [0.15, 0.2) is 0 Å². The highest BCUT2D eigenvalue weighted by Gasteiger charge is 2.16. The Balaban J connectivity index is -0.000000754. The first-order valence-corrected chi connectivity index (χ1v) is 9.39. The molecular weight excluding hydrogens is 372 g/mol. The van der Waals surface area contributed by atoms with Crippen LogP contribution in [-0.4, -0.2) is 30.9 Å². The van der Waals surface area contributed by atoms with E-state index in [0.717, 1.165) is 11.1 Å². The second-order valence-electron chi connectivity index (χ2n) is 4.77. The van der Waals surface area contributed by atoms with E-state index in [1.165, 1.54) is 0 Å². The molecule has 0 aliphatic carbocycles. The second-order valence-corrected chi connectivity index (χ2v) is 4.77. The number of carbonyl (C=O) groups excluding carboxylic acids is 3. The van der Waals surface area contributed by atoms with E-state index in [9.17, 15) is 4.79 Å². The van der Waals surface area contributed by atoms with Gasteiger partial charge >= 0.3 is 5.97 Å². The minimum absolute atomic E-state index is 0.0121. The molecule has 29 heavy (non-hydrogen) atoms. The molecule has 0 radical (unpaired) electrons. The van der Waals surface area contributed by atoms with Crippen molar-refractivity contribution in [2.24, 2.45) is 0 Å². The molecule has 2 aromatic carbocycles. The van der Waals surface area contributed by atoms with Gasteiger partial charge in [-0.25, -0.2) is 4.89 Å². The number of benzene rings is 2. The lowest BCUT2D eigenvalue weighted by Gasteiger charge is -2.13. The van der Waals surface area contributed by atoms with Gasteiger partial charge in [0.2, 0.25) is 0 Å². The van der Waals surface area contributed by atoms with Crippen molar-refractivity contribution >= 4 is 19.5 Å². The molecule has 1 N–H and O–H groups in total. The zero-order valence-corrected chi connectivity index (χ0v) is 17.9. The van der Waals surface area contributed by atoms with Gasteiger partial charge in [0.05, 0.1) is 6.42 Å². The minimum Gasteiger partial charge on any atom is -0.461 e. The van der Waals surface area contributed by atoms with E-state index in [-0.39, 0.29) is 13.0 Å². The van der Waals surface area contributed by atoms with Gasteiger partial charge in [0, 0.05) is 6.42 Å². The summed E-state index contributed by atoms with van der Waals surface area (Å²) in [5.41, 5.74) is 1.92. The zero-order chi connectivity index (χ0) is 22.9. The van der Waals surface area contributed by atoms with Crippen molar-refractivity contribution in [3.63, 3.8) is 0 Å². The number of rotatable bonds is 7. The van der Waals surface area contributed by atoms with Gasteiger partial charge in [-0.1, -0.05) is 88.4 Å². The summed E-state index contributed by atoms with van der Waals surface area (Å²) < 4.78 is 5.17. The van der Waals surface area contributed by atoms with Crippen molar-refractivity contribution in [3.05, 3.63) is 71.8 Å². The molecule has 0 aromatic heterocycles. The van der Waals surface area contributed by atoms with Crippen LogP contribution in [0.15, 0.2) is 60.7 Å². The van der Waals surface area contributed by atoms with Crippen LogP contribution < -0.4 is 0 Å². The van der Waals surface area contributed by atoms with E-state index < -0.39 is 12.1 Å². The van der Waals surface area contributed by atoms with E-state index in [1.807, 2.05) is 102 Å². The van der Waals surface area contributed by atoms with Crippen molar-refractivity contribution in [2.45, 2.75) is 53.2 Å². The molecular formula is C23H34O6. The molecule has 0 aliphatic heterocycles. The van der Waals surface area contributed by atoms with Crippen molar-refractivity contribution in [1.82, 2.24) is 0 Å². The number of carbonyl (C=O) groups is 3. The molecule has 0 spiro atoms. The molecule has 0 bridgehead atoms. The number of hydrogen-bond donors (Lipinski definition) is 1. The van der Waals surface area contributed by atoms with Crippen molar-refractivity contribution in [3.8, 4) is 0 Å². The molecule has 0 saturated heterocycles. The largest absolute Gasteiger partial charge is 0.461 e. The van der Waals surface area contributed by atoms with Gasteiger partial charge in [-0.15, -0.1) is 0 Å². The van der Waals surface area contributed by atoms with Crippen LogP contribution in [0.2, 0.25) is 0 Å². The maximum atomic E-state index is 11.8. The molecule has 6 heteroatoms. The second kappa shape index (κ2) is 25.2. The fourth-order valence-electron chi connectivity index (χ4n) is 2.01. The Morgan fingerprint density at radius 3 is 1.66 bits per heavy atom. The van der Waals surface area contributed by atoms with Crippen LogP contribution in [0.5, 0.6) is 0 Å². The van der Waals surface area contributed by atoms with Crippen molar-refractivity contribution < 1.29 is 29.3 Å². The summed E-state index contributed by atoms with van der Waals surface area (Å²) in [6, 6.07) is 19.0. The first-order valence-electron chi connectivity index (χ1n) is 9.39. The summed E-state index contributed by atoms with van der Waals surface area (Å²) >= 11 is 0. The summed E-state index contributed by atoms with van der Waals surface area (Å²) in [4.78, 5) is 32.1. The summed E-state index contributed by atoms with van der Waals surface area (Å²) in [7, 11) is 0. The smallest absolute Gasteiger partial charge is 0.308 e. The van der Waals surface area contributed by atoms with E-state index in [2.05, 4.69) is 4.89 Å². The average Bonchev–Trinajstić information content (AvgIpc) is 2.84. The van der Waals surface area contributed by atoms with E-state index in [0.29, 0.717) is 6.42 Å². The molecule has 1 unspecified atom stereocenters. The third-order valence-electron chi connectivity index (χ3n) is 3.09. The average molecular weight is 407 g/mol. The lowest BCUT2D eigenvalue weighted by molar-refractivity contribution is -0.279. The Labute approximate surface area is 174 Å². The van der Waals surface area contributed by atoms with E-state index in [4.69, 9.17) is 19.6 Å². The highest BCUT2D eigenvalue weighted by molar-refractivity contribution is 5.70. The van der Waals surface area contributed by atoms with Gasteiger partial charge in [-0.3, -0.25) is 10.1 Å². The van der Waals surface area contributed by atoms with Crippen molar-refractivity contribution in [2.75, 3.05) is 0 Å². The van der Waals surface area contributed by atoms with Crippen LogP contribution in [0.3, 0.4) is 0 Å². The summed E-state index contributed by atoms with van der Waals surface area (Å²) in [6.07, 6.45) is -0.133. The van der Waals surface area contributed by atoms with Crippen molar-refractivity contribution in [1.29, 1.82) is 0 Å². The quantitative estimate of drug-likeness (QED) is 0.399. The van der Waals surface area contributed by atoms with E-state index in [1.54, 1.807) is 0 Å². The highest BCUT2D eigenvalue weighted by Crippen LogP contribution is 2.10. The lowest BCUT2D eigenvalue weighted by Crippen LogP contribution is -2.20. The van der Waals surface area contributed by atoms with Crippen LogP contribution in [0, 0.1) is 0 Å². The fraction of sp³-hybridized carbons (Fsp3) is 0.348. The SMILES string of the molecule is C=O.C=O.CC.CC.O=C(CC(Cc1ccccc1)OO)OCc1ccccc1. The minimum atomic E-state index is -0.601. The van der Waals surface area contributed by atoms with Crippen LogP contribution in [0.4, 0.5) is 0 Å². The third-order valence-corrected chi connectivity index (χ3v) is 3.09. The molecule has 0 heterocycles. The van der Waals surface area contributed by atoms with Crippen LogP contribution in [-0.2, 0) is 37.0 Å². The Kier molecular flexibility index (Phi) is 26.8. The topological polar surface area (TPSA) is 89.9 Å². The lowest BCUT2D eigenvalue weighted by atomic mass is 10.1. The summed E-state index contributed by atoms with van der Waals surface area (Å²) in [5.74, 6) is -0.395. The van der Waals surface area contributed by atoms with Gasteiger partial charge in [0.25, 0.3) is 0 Å². The molecule has 0 saturated carbocycles. The summed E-state index contributed by atoms with van der Waals surface area (Å²) in [6.45, 7) is 12.2. The normalized spacial score (nSPS) is 9.28. The van der Waals surface area contributed by atoms with E-state index >= 15 is 0 Å². The van der Waals surface area contributed by atoms with Crippen LogP contribution >= 0.6 is 0 Å². The predicted molar refractivity (Wildman–Crippen MR) is 115 cm³/mol. The Morgan fingerprint density at radius 1 is 0.828 bits per heavy atom. The summed E-state index contributed by atoms with van der Waals surface area (Å²) in [5, 5.41) is 8.91.